The molecule has 0 aromatic heterocycles. The van der Waals surface area contributed by atoms with Crippen molar-refractivity contribution in [2.75, 3.05) is 6.54 Å². The maximum atomic E-state index is 3.62. The van der Waals surface area contributed by atoms with Gasteiger partial charge in [0.15, 0.2) is 0 Å². The first-order chi connectivity index (χ1) is 5.40. The minimum atomic E-state index is 0.882. The minimum absolute atomic E-state index is 0.882. The normalized spacial score (nSPS) is 27.0. The van der Waals surface area contributed by atoms with E-state index in [1.165, 1.54) is 32.1 Å². The molecule has 0 aromatic carbocycles. The van der Waals surface area contributed by atoms with E-state index in [1.54, 1.807) is 0 Å². The quantitative estimate of drug-likeness (QED) is 0.638. The Hall–Kier alpha value is -0.0400. The van der Waals surface area contributed by atoms with Gasteiger partial charge in [0.2, 0.25) is 0 Å². The Bertz CT molecular complexity index is 125. The van der Waals surface area contributed by atoms with E-state index in [9.17, 15) is 0 Å². The Morgan fingerprint density at radius 3 is 2.45 bits per heavy atom. The lowest BCUT2D eigenvalue weighted by atomic mass is 10.1. The van der Waals surface area contributed by atoms with Crippen molar-refractivity contribution < 1.29 is 0 Å². The first-order valence-corrected chi connectivity index (χ1v) is 5.13. The van der Waals surface area contributed by atoms with E-state index in [2.05, 4.69) is 12.2 Å². The van der Waals surface area contributed by atoms with Crippen LogP contribution in [0.1, 0.15) is 39.0 Å². The Labute approximate surface area is 69.6 Å². The highest BCUT2D eigenvalue weighted by Gasteiger charge is 2.34. The van der Waals surface area contributed by atoms with Crippen LogP contribution < -0.4 is 5.32 Å². The molecular formula is C10H19N. The highest BCUT2D eigenvalue weighted by molar-refractivity contribution is 4.90. The average molecular weight is 153 g/mol. The summed E-state index contributed by atoms with van der Waals surface area (Å²) in [7, 11) is 0. The third-order valence-corrected chi connectivity index (χ3v) is 2.94. The van der Waals surface area contributed by atoms with E-state index < -0.39 is 0 Å². The first-order valence-electron chi connectivity index (χ1n) is 5.13. The second kappa shape index (κ2) is 3.14. The molecule has 64 valence electrons. The summed E-state index contributed by atoms with van der Waals surface area (Å²) >= 11 is 0. The Kier molecular flexibility index (Phi) is 2.17. The molecule has 2 saturated carbocycles. The van der Waals surface area contributed by atoms with Gasteiger partial charge in [0.25, 0.3) is 0 Å². The fraction of sp³-hybridized carbons (Fsp3) is 1.00. The third kappa shape index (κ3) is 2.19. The highest BCUT2D eigenvalue weighted by atomic mass is 14.9. The van der Waals surface area contributed by atoms with Crippen molar-refractivity contribution in [1.29, 1.82) is 0 Å². The highest BCUT2D eigenvalue weighted by Crippen LogP contribution is 2.40. The average Bonchev–Trinajstić information content (AvgIpc) is 2.84. The maximum absolute atomic E-state index is 3.62. The van der Waals surface area contributed by atoms with Gasteiger partial charge in [-0.25, -0.2) is 0 Å². The molecule has 0 aromatic rings. The van der Waals surface area contributed by atoms with Crippen molar-refractivity contribution in [3.05, 3.63) is 0 Å². The smallest absolute Gasteiger partial charge is 0.00978 e. The molecule has 1 heteroatoms. The molecule has 2 fully saturated rings. The van der Waals surface area contributed by atoms with Gasteiger partial charge in [0.1, 0.15) is 0 Å². The minimum Gasteiger partial charge on any atom is -0.314 e. The number of nitrogens with one attached hydrogen (secondary N) is 1. The van der Waals surface area contributed by atoms with Crippen LogP contribution in [0.15, 0.2) is 0 Å². The zero-order valence-electron chi connectivity index (χ0n) is 7.47. The molecule has 0 saturated heterocycles. The number of rotatable bonds is 5. The lowest BCUT2D eigenvalue weighted by Crippen LogP contribution is -2.31. The van der Waals surface area contributed by atoms with Crippen LogP contribution in [-0.4, -0.2) is 12.6 Å². The van der Waals surface area contributed by atoms with Gasteiger partial charge in [-0.2, -0.15) is 0 Å². The lowest BCUT2D eigenvalue weighted by molar-refractivity contribution is 0.425. The van der Waals surface area contributed by atoms with Crippen LogP contribution in [0.2, 0.25) is 0 Å². The van der Waals surface area contributed by atoms with Gasteiger partial charge in [-0.05, 0) is 37.6 Å². The SMILES string of the molecule is CCNC(CC1CC1)C1CC1. The van der Waals surface area contributed by atoms with Crippen molar-refractivity contribution in [2.45, 2.75) is 45.1 Å². The Morgan fingerprint density at radius 2 is 2.00 bits per heavy atom. The van der Waals surface area contributed by atoms with Crippen LogP contribution >= 0.6 is 0 Å². The molecule has 1 atom stereocenters. The summed E-state index contributed by atoms with van der Waals surface area (Å²) in [6, 6.07) is 0.882. The predicted molar refractivity (Wildman–Crippen MR) is 47.5 cm³/mol. The first kappa shape index (κ1) is 7.60. The summed E-state index contributed by atoms with van der Waals surface area (Å²) in [4.78, 5) is 0. The van der Waals surface area contributed by atoms with Crippen molar-refractivity contribution in [1.82, 2.24) is 5.32 Å². The summed E-state index contributed by atoms with van der Waals surface area (Å²) in [6.45, 7) is 3.39. The third-order valence-electron chi connectivity index (χ3n) is 2.94. The summed E-state index contributed by atoms with van der Waals surface area (Å²) in [5, 5.41) is 3.62. The molecule has 1 unspecified atom stereocenters. The number of hydrogen-bond acceptors (Lipinski definition) is 1. The summed E-state index contributed by atoms with van der Waals surface area (Å²) in [5.74, 6) is 2.15. The molecule has 2 aliphatic carbocycles. The Morgan fingerprint density at radius 1 is 1.27 bits per heavy atom. The van der Waals surface area contributed by atoms with Gasteiger partial charge in [0, 0.05) is 6.04 Å². The van der Waals surface area contributed by atoms with Crippen LogP contribution in [0.5, 0.6) is 0 Å². The van der Waals surface area contributed by atoms with Gasteiger partial charge in [-0.3, -0.25) is 0 Å². The second-order valence-corrected chi connectivity index (χ2v) is 4.18. The van der Waals surface area contributed by atoms with Gasteiger partial charge < -0.3 is 5.32 Å². The fourth-order valence-electron chi connectivity index (χ4n) is 1.92. The topological polar surface area (TPSA) is 12.0 Å². The summed E-state index contributed by atoms with van der Waals surface area (Å²) in [5.41, 5.74) is 0. The number of hydrogen-bond donors (Lipinski definition) is 1. The van der Waals surface area contributed by atoms with Crippen LogP contribution in [-0.2, 0) is 0 Å². The molecule has 0 radical (unpaired) electrons. The standard InChI is InChI=1S/C10H19N/c1-2-11-10(9-5-6-9)7-8-3-4-8/h8-11H,2-7H2,1H3. The second-order valence-electron chi connectivity index (χ2n) is 4.18. The largest absolute Gasteiger partial charge is 0.314 e. The molecule has 0 amide bonds. The van der Waals surface area contributed by atoms with Crippen molar-refractivity contribution >= 4 is 0 Å². The monoisotopic (exact) mass is 153 g/mol. The molecular weight excluding hydrogens is 134 g/mol. The zero-order valence-corrected chi connectivity index (χ0v) is 7.47. The van der Waals surface area contributed by atoms with E-state index in [0.29, 0.717) is 0 Å². The molecule has 0 bridgehead atoms. The van der Waals surface area contributed by atoms with Crippen LogP contribution in [0, 0.1) is 11.8 Å². The van der Waals surface area contributed by atoms with E-state index in [-0.39, 0.29) is 0 Å². The molecule has 2 rings (SSSR count). The zero-order chi connectivity index (χ0) is 7.68. The van der Waals surface area contributed by atoms with E-state index in [1.807, 2.05) is 0 Å². The fourth-order valence-corrected chi connectivity index (χ4v) is 1.92. The van der Waals surface area contributed by atoms with E-state index in [0.717, 1.165) is 24.4 Å². The van der Waals surface area contributed by atoms with Crippen LogP contribution in [0.4, 0.5) is 0 Å². The maximum Gasteiger partial charge on any atom is 0.00978 e. The van der Waals surface area contributed by atoms with Crippen LogP contribution in [0.25, 0.3) is 0 Å². The molecule has 0 aliphatic heterocycles. The van der Waals surface area contributed by atoms with Gasteiger partial charge in [-0.15, -0.1) is 0 Å². The molecule has 0 spiro atoms. The van der Waals surface area contributed by atoms with Crippen molar-refractivity contribution in [3.63, 3.8) is 0 Å². The summed E-state index contributed by atoms with van der Waals surface area (Å²) < 4.78 is 0. The molecule has 2 aliphatic rings. The van der Waals surface area contributed by atoms with Crippen molar-refractivity contribution in [2.24, 2.45) is 11.8 Å². The van der Waals surface area contributed by atoms with Gasteiger partial charge >= 0.3 is 0 Å². The van der Waals surface area contributed by atoms with E-state index >= 15 is 0 Å². The molecule has 1 nitrogen and oxygen atoms in total. The molecule has 1 N–H and O–H groups in total. The van der Waals surface area contributed by atoms with Crippen LogP contribution in [0.3, 0.4) is 0 Å². The molecule has 11 heavy (non-hydrogen) atoms. The van der Waals surface area contributed by atoms with E-state index in [4.69, 9.17) is 0 Å². The molecule has 0 heterocycles. The van der Waals surface area contributed by atoms with Crippen molar-refractivity contribution in [3.8, 4) is 0 Å². The van der Waals surface area contributed by atoms with Gasteiger partial charge in [-0.1, -0.05) is 19.8 Å². The lowest BCUT2D eigenvalue weighted by Gasteiger charge is -2.16. The summed E-state index contributed by atoms with van der Waals surface area (Å²) in [6.07, 6.45) is 7.47. The van der Waals surface area contributed by atoms with Gasteiger partial charge in [0.05, 0.1) is 0 Å². The Balaban J connectivity index is 1.72. The predicted octanol–water partition coefficient (Wildman–Crippen LogP) is 2.17.